The van der Waals surface area contributed by atoms with Crippen molar-refractivity contribution in [1.82, 2.24) is 15.6 Å². The molecule has 1 aromatic heterocycles. The van der Waals surface area contributed by atoms with E-state index in [9.17, 15) is 17.6 Å². The molecule has 0 amide bonds. The number of alkyl halides is 3. The molecule has 1 aromatic carbocycles. The van der Waals surface area contributed by atoms with Gasteiger partial charge in [-0.05, 0) is 17.7 Å². The third-order valence-corrected chi connectivity index (χ3v) is 4.28. The van der Waals surface area contributed by atoms with Crippen molar-refractivity contribution in [1.29, 1.82) is 0 Å². The molecular weight excluding hydrogens is 499 g/mol. The number of nitrogens with zero attached hydrogens (tertiary/aromatic N) is 2. The zero-order valence-corrected chi connectivity index (χ0v) is 17.7. The monoisotopic (exact) mass is 518 g/mol. The third-order valence-electron chi connectivity index (χ3n) is 3.37. The van der Waals surface area contributed by atoms with Crippen LogP contribution in [0.15, 0.2) is 28.6 Å². The van der Waals surface area contributed by atoms with E-state index in [4.69, 9.17) is 4.74 Å². The Labute approximate surface area is 175 Å². The van der Waals surface area contributed by atoms with Crippen LogP contribution in [0, 0.1) is 5.82 Å². The fourth-order valence-corrected chi connectivity index (χ4v) is 2.87. The number of ether oxygens (including phenoxy) is 1. The Hall–Kier alpha value is -1.63. The molecule has 0 aliphatic rings. The smallest absolute Gasteiger partial charge is 0.434 e. The van der Waals surface area contributed by atoms with Gasteiger partial charge in [0.15, 0.2) is 23.2 Å². The summed E-state index contributed by atoms with van der Waals surface area (Å²) >= 11 is 0.966. The van der Waals surface area contributed by atoms with Crippen molar-refractivity contribution < 1.29 is 22.3 Å². The van der Waals surface area contributed by atoms with Crippen LogP contribution in [0.3, 0.4) is 0 Å². The molecule has 1 heterocycles. The van der Waals surface area contributed by atoms with Gasteiger partial charge in [-0.3, -0.25) is 4.99 Å². The van der Waals surface area contributed by atoms with Crippen molar-refractivity contribution in [2.75, 3.05) is 20.7 Å². The molecule has 0 saturated heterocycles. The minimum atomic E-state index is -4.42. The van der Waals surface area contributed by atoms with Crippen molar-refractivity contribution >= 4 is 41.3 Å². The van der Waals surface area contributed by atoms with Crippen LogP contribution < -0.4 is 15.4 Å². The number of hydrogen-bond donors (Lipinski definition) is 2. The zero-order valence-electron chi connectivity index (χ0n) is 14.6. The second kappa shape index (κ2) is 10.6. The highest BCUT2D eigenvalue weighted by atomic mass is 127. The van der Waals surface area contributed by atoms with Crippen molar-refractivity contribution in [2.24, 2.45) is 4.99 Å². The van der Waals surface area contributed by atoms with Crippen molar-refractivity contribution in [3.05, 3.63) is 45.7 Å². The average molecular weight is 518 g/mol. The van der Waals surface area contributed by atoms with Gasteiger partial charge in [0.05, 0.1) is 12.1 Å². The fourth-order valence-electron chi connectivity index (χ4n) is 2.07. The maximum Gasteiger partial charge on any atom is 0.434 e. The summed E-state index contributed by atoms with van der Waals surface area (Å²) in [5.74, 6) is 0.158. The Bertz CT molecular complexity index is 767. The van der Waals surface area contributed by atoms with Gasteiger partial charge in [0.2, 0.25) is 0 Å². The van der Waals surface area contributed by atoms with E-state index in [-0.39, 0.29) is 29.7 Å². The Morgan fingerprint density at radius 2 is 2.04 bits per heavy atom. The van der Waals surface area contributed by atoms with E-state index in [0.29, 0.717) is 36.0 Å². The minimum absolute atomic E-state index is 0. The molecule has 2 N–H and O–H groups in total. The van der Waals surface area contributed by atoms with Crippen LogP contribution in [0.4, 0.5) is 17.6 Å². The maximum absolute atomic E-state index is 13.6. The molecule has 0 fully saturated rings. The number of rotatable bonds is 6. The predicted molar refractivity (Wildman–Crippen MR) is 107 cm³/mol. The number of nitrogens with one attached hydrogen (secondary N) is 2. The second-order valence-corrected chi connectivity index (χ2v) is 6.14. The van der Waals surface area contributed by atoms with Gasteiger partial charge in [-0.15, -0.1) is 35.3 Å². The predicted octanol–water partition coefficient (Wildman–Crippen LogP) is 3.84. The molecule has 2 aromatic rings. The van der Waals surface area contributed by atoms with Crippen LogP contribution in [-0.4, -0.2) is 31.6 Å². The zero-order chi connectivity index (χ0) is 19.2. The molecule has 0 spiro atoms. The van der Waals surface area contributed by atoms with E-state index in [1.807, 2.05) is 0 Å². The molecule has 150 valence electrons. The van der Waals surface area contributed by atoms with Gasteiger partial charge in [0.1, 0.15) is 0 Å². The summed E-state index contributed by atoms with van der Waals surface area (Å²) in [5.41, 5.74) is -0.178. The molecule has 0 bridgehead atoms. The Kier molecular flexibility index (Phi) is 9.22. The molecule has 5 nitrogen and oxygen atoms in total. The first-order chi connectivity index (χ1) is 12.3. The summed E-state index contributed by atoms with van der Waals surface area (Å²) in [5, 5.41) is 7.37. The molecule has 0 aliphatic heterocycles. The number of methoxy groups -OCH3 is 1. The van der Waals surface area contributed by atoms with Crippen molar-refractivity contribution in [3.63, 3.8) is 0 Å². The highest BCUT2D eigenvalue weighted by Crippen LogP contribution is 2.30. The summed E-state index contributed by atoms with van der Waals surface area (Å²) in [6.45, 7) is 0.692. The van der Waals surface area contributed by atoms with Gasteiger partial charge >= 0.3 is 6.18 Å². The van der Waals surface area contributed by atoms with Gasteiger partial charge in [0, 0.05) is 31.9 Å². The van der Waals surface area contributed by atoms with Crippen LogP contribution in [-0.2, 0) is 19.1 Å². The van der Waals surface area contributed by atoms with Crippen molar-refractivity contribution in [2.45, 2.75) is 19.1 Å². The van der Waals surface area contributed by atoms with Crippen LogP contribution in [0.5, 0.6) is 5.75 Å². The molecular formula is C16H19F4IN4OS. The first-order valence-corrected chi connectivity index (χ1v) is 8.50. The molecule has 0 unspecified atom stereocenters. The SMILES string of the molecule is CN=C(NCCc1nc(C(F)(F)F)cs1)NCc1ccc(OC)c(F)c1.I. The largest absolute Gasteiger partial charge is 0.494 e. The molecule has 11 heteroatoms. The Balaban J connectivity index is 0.00000364. The first-order valence-electron chi connectivity index (χ1n) is 7.62. The Morgan fingerprint density at radius 1 is 1.30 bits per heavy atom. The number of aliphatic imine (C=N–C) groups is 1. The number of halogens is 5. The van der Waals surface area contributed by atoms with Gasteiger partial charge in [-0.25, -0.2) is 9.37 Å². The molecule has 2 rings (SSSR count). The summed E-state index contributed by atoms with van der Waals surface area (Å²) in [4.78, 5) is 7.58. The topological polar surface area (TPSA) is 58.5 Å². The number of hydrogen-bond acceptors (Lipinski definition) is 4. The quantitative estimate of drug-likeness (QED) is 0.264. The van der Waals surface area contributed by atoms with Crippen LogP contribution in [0.2, 0.25) is 0 Å². The molecule has 0 aliphatic carbocycles. The lowest BCUT2D eigenvalue weighted by Crippen LogP contribution is -2.37. The van der Waals surface area contributed by atoms with Crippen LogP contribution in [0.1, 0.15) is 16.3 Å². The highest BCUT2D eigenvalue weighted by Gasteiger charge is 2.33. The van der Waals surface area contributed by atoms with Gasteiger partial charge < -0.3 is 15.4 Å². The fraction of sp³-hybridized carbons (Fsp3) is 0.375. The van der Waals surface area contributed by atoms with E-state index < -0.39 is 17.7 Å². The number of aromatic nitrogens is 1. The third kappa shape index (κ3) is 7.13. The molecule has 27 heavy (non-hydrogen) atoms. The van der Waals surface area contributed by atoms with E-state index >= 15 is 0 Å². The normalized spacial score (nSPS) is 11.7. The number of guanidine groups is 1. The van der Waals surface area contributed by atoms with Crippen molar-refractivity contribution in [3.8, 4) is 5.75 Å². The first kappa shape index (κ1) is 23.4. The highest BCUT2D eigenvalue weighted by molar-refractivity contribution is 14.0. The van der Waals surface area contributed by atoms with Crippen LogP contribution in [0.25, 0.3) is 0 Å². The van der Waals surface area contributed by atoms with Crippen LogP contribution >= 0.6 is 35.3 Å². The summed E-state index contributed by atoms with van der Waals surface area (Å²) in [6, 6.07) is 4.60. The van der Waals surface area contributed by atoms with E-state index in [0.717, 1.165) is 16.7 Å². The maximum atomic E-state index is 13.6. The minimum Gasteiger partial charge on any atom is -0.494 e. The summed E-state index contributed by atoms with van der Waals surface area (Å²) in [6.07, 6.45) is -4.09. The van der Waals surface area contributed by atoms with Gasteiger partial charge in [-0.2, -0.15) is 13.2 Å². The van der Waals surface area contributed by atoms with Gasteiger partial charge in [0.25, 0.3) is 0 Å². The molecule has 0 saturated carbocycles. The molecule has 0 atom stereocenters. The standard InChI is InChI=1S/C16H18F4N4OS.HI/c1-21-15(23-8-10-3-4-12(25-2)11(17)7-10)22-6-5-14-24-13(9-26-14)16(18,19)20;/h3-4,7,9H,5-6,8H2,1-2H3,(H2,21,22,23);1H. The second-order valence-electron chi connectivity index (χ2n) is 5.20. The number of benzene rings is 1. The molecule has 0 radical (unpaired) electrons. The van der Waals surface area contributed by atoms with E-state index in [2.05, 4.69) is 20.6 Å². The van der Waals surface area contributed by atoms with Gasteiger partial charge in [-0.1, -0.05) is 6.07 Å². The lowest BCUT2D eigenvalue weighted by Gasteiger charge is -2.12. The van der Waals surface area contributed by atoms with E-state index in [1.165, 1.54) is 19.2 Å². The lowest BCUT2D eigenvalue weighted by atomic mass is 10.2. The average Bonchev–Trinajstić information content (AvgIpc) is 3.07. The summed E-state index contributed by atoms with van der Waals surface area (Å²) < 4.78 is 56.0. The number of thiazole rings is 1. The Morgan fingerprint density at radius 3 is 2.59 bits per heavy atom. The lowest BCUT2D eigenvalue weighted by molar-refractivity contribution is -0.140. The summed E-state index contributed by atoms with van der Waals surface area (Å²) in [7, 11) is 2.96. The van der Waals surface area contributed by atoms with E-state index in [1.54, 1.807) is 13.1 Å².